The monoisotopic (exact) mass is 372 g/mol. The number of aromatic nitrogens is 1. The standard InChI is InChI=1S/C27H17NO/c1-2-7-18(8-3-1)20-13-14-22-23-11-6-12-24(27(23)29-26(22)16-20)25-15-19-9-4-5-10-21(19)17-28-25/h1-17H/i16D. The third kappa shape index (κ3) is 2.61. The Morgan fingerprint density at radius 2 is 1.52 bits per heavy atom. The largest absolute Gasteiger partial charge is 0.455 e. The molecular formula is C27H17NO. The van der Waals surface area contributed by atoms with Gasteiger partial charge in [0.1, 0.15) is 11.2 Å². The van der Waals surface area contributed by atoms with Gasteiger partial charge in [-0.3, -0.25) is 4.98 Å². The predicted octanol–water partition coefficient (Wildman–Crippen LogP) is 7.47. The lowest BCUT2D eigenvalue weighted by molar-refractivity contribution is 0.670. The molecule has 2 aromatic heterocycles. The molecule has 0 amide bonds. The van der Waals surface area contributed by atoms with E-state index in [9.17, 15) is 0 Å². The highest BCUT2D eigenvalue weighted by Gasteiger charge is 2.14. The van der Waals surface area contributed by atoms with Crippen LogP contribution in [-0.4, -0.2) is 4.98 Å². The number of rotatable bonds is 2. The van der Waals surface area contributed by atoms with Crippen LogP contribution in [0.25, 0.3) is 55.1 Å². The summed E-state index contributed by atoms with van der Waals surface area (Å²) in [7, 11) is 0. The van der Waals surface area contributed by atoms with Crippen molar-refractivity contribution in [1.82, 2.24) is 4.98 Å². The van der Waals surface area contributed by atoms with Gasteiger partial charge in [-0.25, -0.2) is 0 Å². The first kappa shape index (κ1) is 15.1. The van der Waals surface area contributed by atoms with Gasteiger partial charge in [0.2, 0.25) is 0 Å². The molecule has 2 heteroatoms. The summed E-state index contributed by atoms with van der Waals surface area (Å²) in [6.45, 7) is 0. The summed E-state index contributed by atoms with van der Waals surface area (Å²) in [5.74, 6) is 0. The molecule has 0 fully saturated rings. The highest BCUT2D eigenvalue weighted by atomic mass is 16.3. The molecule has 0 spiro atoms. The van der Waals surface area contributed by atoms with Crippen molar-refractivity contribution >= 4 is 32.7 Å². The fourth-order valence-electron chi connectivity index (χ4n) is 3.95. The molecule has 29 heavy (non-hydrogen) atoms. The zero-order chi connectivity index (χ0) is 20.1. The molecule has 6 rings (SSSR count). The van der Waals surface area contributed by atoms with Gasteiger partial charge < -0.3 is 4.42 Å². The second kappa shape index (κ2) is 6.32. The fraction of sp³-hybridized carbons (Fsp3) is 0. The molecule has 0 aliphatic heterocycles. The lowest BCUT2D eigenvalue weighted by atomic mass is 10.0. The van der Waals surface area contributed by atoms with Gasteiger partial charge in [0.15, 0.2) is 0 Å². The first-order valence-electron chi connectivity index (χ1n) is 10.1. The van der Waals surface area contributed by atoms with Crippen LogP contribution in [0.1, 0.15) is 1.37 Å². The molecule has 0 bridgehead atoms. The molecule has 0 atom stereocenters. The van der Waals surface area contributed by atoms with Crippen LogP contribution in [0.4, 0.5) is 0 Å². The Kier molecular flexibility index (Phi) is 3.28. The first-order valence-corrected chi connectivity index (χ1v) is 9.65. The van der Waals surface area contributed by atoms with Gasteiger partial charge >= 0.3 is 0 Å². The number of nitrogens with zero attached hydrogens (tertiary/aromatic N) is 1. The van der Waals surface area contributed by atoms with E-state index in [2.05, 4.69) is 29.2 Å². The van der Waals surface area contributed by atoms with Crippen molar-refractivity contribution < 1.29 is 5.79 Å². The molecule has 0 saturated carbocycles. The van der Waals surface area contributed by atoms with E-state index < -0.39 is 0 Å². The minimum atomic E-state index is 0.410. The molecule has 0 saturated heterocycles. The molecule has 2 heterocycles. The normalized spacial score (nSPS) is 11.9. The van der Waals surface area contributed by atoms with Gasteiger partial charge in [-0.05, 0) is 40.8 Å². The van der Waals surface area contributed by atoms with E-state index in [4.69, 9.17) is 5.79 Å². The fourth-order valence-corrected chi connectivity index (χ4v) is 3.95. The quantitative estimate of drug-likeness (QED) is 0.315. The van der Waals surface area contributed by atoms with Gasteiger partial charge in [0.05, 0.1) is 7.06 Å². The van der Waals surface area contributed by atoms with Crippen molar-refractivity contribution in [2.75, 3.05) is 0 Å². The Hall–Kier alpha value is -3.91. The third-order valence-corrected chi connectivity index (χ3v) is 5.41. The Balaban J connectivity index is 1.61. The van der Waals surface area contributed by atoms with Gasteiger partial charge in [0.25, 0.3) is 0 Å². The maximum Gasteiger partial charge on any atom is 0.144 e. The minimum absolute atomic E-state index is 0.410. The van der Waals surface area contributed by atoms with Crippen LogP contribution in [0.2, 0.25) is 0 Å². The summed E-state index contributed by atoms with van der Waals surface area (Å²) in [6.07, 6.45) is 1.90. The Morgan fingerprint density at radius 3 is 2.41 bits per heavy atom. The molecule has 4 aromatic carbocycles. The molecule has 0 unspecified atom stereocenters. The molecule has 6 aromatic rings. The summed E-state index contributed by atoms with van der Waals surface area (Å²) >= 11 is 0. The number of hydrogen-bond donors (Lipinski definition) is 0. The van der Waals surface area contributed by atoms with Crippen molar-refractivity contribution in [3.05, 3.63) is 103 Å². The van der Waals surface area contributed by atoms with Crippen LogP contribution in [0, 0.1) is 0 Å². The number of furan rings is 1. The molecule has 0 aliphatic carbocycles. The van der Waals surface area contributed by atoms with Crippen molar-refractivity contribution in [2.45, 2.75) is 0 Å². The summed E-state index contributed by atoms with van der Waals surface area (Å²) < 4.78 is 15.1. The van der Waals surface area contributed by atoms with Crippen LogP contribution >= 0.6 is 0 Å². The van der Waals surface area contributed by atoms with E-state index >= 15 is 0 Å². The maximum absolute atomic E-state index is 8.78. The number of benzene rings is 4. The second-order valence-corrected chi connectivity index (χ2v) is 7.18. The second-order valence-electron chi connectivity index (χ2n) is 7.18. The highest BCUT2D eigenvalue weighted by molar-refractivity contribution is 6.10. The molecule has 0 N–H and O–H groups in total. The van der Waals surface area contributed by atoms with E-state index in [1.807, 2.05) is 72.9 Å². The van der Waals surface area contributed by atoms with Crippen molar-refractivity contribution in [3.8, 4) is 22.4 Å². The first-order chi connectivity index (χ1) is 14.8. The van der Waals surface area contributed by atoms with Gasteiger partial charge in [0, 0.05) is 27.9 Å². The average Bonchev–Trinajstić information content (AvgIpc) is 3.19. The smallest absolute Gasteiger partial charge is 0.144 e. The summed E-state index contributed by atoms with van der Waals surface area (Å²) in [6, 6.07) is 30.9. The summed E-state index contributed by atoms with van der Waals surface area (Å²) in [4.78, 5) is 4.68. The minimum Gasteiger partial charge on any atom is -0.455 e. The van der Waals surface area contributed by atoms with E-state index in [1.54, 1.807) is 0 Å². The zero-order valence-electron chi connectivity index (χ0n) is 16.6. The number of pyridine rings is 1. The number of hydrogen-bond acceptors (Lipinski definition) is 2. The topological polar surface area (TPSA) is 26.0 Å². The van der Waals surface area contributed by atoms with Crippen molar-refractivity contribution in [3.63, 3.8) is 0 Å². The van der Waals surface area contributed by atoms with Gasteiger partial charge in [-0.2, -0.15) is 0 Å². The Morgan fingerprint density at radius 1 is 0.690 bits per heavy atom. The molecule has 136 valence electrons. The van der Waals surface area contributed by atoms with Gasteiger partial charge in [-0.1, -0.05) is 72.8 Å². The Bertz CT molecular complexity index is 1550. The highest BCUT2D eigenvalue weighted by Crippen LogP contribution is 2.37. The number of fused-ring (bicyclic) bond motifs is 4. The van der Waals surface area contributed by atoms with Crippen LogP contribution in [0.3, 0.4) is 0 Å². The van der Waals surface area contributed by atoms with Gasteiger partial charge in [-0.15, -0.1) is 0 Å². The molecular weight excluding hydrogens is 354 g/mol. The van der Waals surface area contributed by atoms with Crippen LogP contribution in [0.5, 0.6) is 0 Å². The van der Waals surface area contributed by atoms with E-state index in [1.165, 1.54) is 0 Å². The van der Waals surface area contributed by atoms with E-state index in [0.717, 1.165) is 49.5 Å². The van der Waals surface area contributed by atoms with Crippen LogP contribution < -0.4 is 0 Å². The van der Waals surface area contributed by atoms with Crippen LogP contribution in [-0.2, 0) is 0 Å². The van der Waals surface area contributed by atoms with Crippen LogP contribution in [0.15, 0.2) is 108 Å². The lowest BCUT2D eigenvalue weighted by Crippen LogP contribution is -1.84. The third-order valence-electron chi connectivity index (χ3n) is 5.41. The SMILES string of the molecule is [2H]c1c(-c2ccccc2)ccc2c1oc1c(-c3cc4ccccc4cn3)cccc12. The predicted molar refractivity (Wildman–Crippen MR) is 120 cm³/mol. The summed E-state index contributed by atoms with van der Waals surface area (Å²) in [5.41, 5.74) is 5.07. The average molecular weight is 372 g/mol. The maximum atomic E-state index is 8.78. The van der Waals surface area contributed by atoms with Crippen molar-refractivity contribution in [2.24, 2.45) is 0 Å². The van der Waals surface area contributed by atoms with E-state index in [0.29, 0.717) is 11.6 Å². The number of para-hydroxylation sites is 1. The van der Waals surface area contributed by atoms with Crippen molar-refractivity contribution in [1.29, 1.82) is 0 Å². The Labute approximate surface area is 169 Å². The van der Waals surface area contributed by atoms with E-state index in [-0.39, 0.29) is 0 Å². The zero-order valence-corrected chi connectivity index (χ0v) is 15.6. The lowest BCUT2D eigenvalue weighted by Gasteiger charge is -2.04. The molecule has 2 nitrogen and oxygen atoms in total. The molecule has 0 radical (unpaired) electrons. The summed E-state index contributed by atoms with van der Waals surface area (Å²) in [5, 5.41) is 4.21. The molecule has 0 aliphatic rings.